The molecule has 2 aromatic heterocycles. The Kier molecular flexibility index (Phi) is 6.18. The molecule has 2 N–H and O–H groups in total. The smallest absolute Gasteiger partial charge is 0.225 e. The Bertz CT molecular complexity index is 946. The SMILES string of the molecule is C=C(/C=C(\C)C1CC1)Nc1nc(NCc2csc(C3=CCCS3)n2)ncc1Br. The zero-order valence-corrected chi connectivity index (χ0v) is 18.9. The second-order valence-electron chi connectivity index (χ2n) is 6.91. The van der Waals surface area contributed by atoms with Gasteiger partial charge in [0.1, 0.15) is 10.8 Å². The van der Waals surface area contributed by atoms with E-state index in [-0.39, 0.29) is 0 Å². The minimum atomic E-state index is 0.561. The van der Waals surface area contributed by atoms with Crippen molar-refractivity contribution in [1.29, 1.82) is 0 Å². The number of thioether (sulfide) groups is 1. The molecule has 28 heavy (non-hydrogen) atoms. The van der Waals surface area contributed by atoms with Crippen LogP contribution in [0.5, 0.6) is 0 Å². The van der Waals surface area contributed by atoms with Gasteiger partial charge < -0.3 is 10.6 Å². The van der Waals surface area contributed by atoms with Crippen LogP contribution in [0.4, 0.5) is 11.8 Å². The Balaban J connectivity index is 1.38. The third-order valence-electron chi connectivity index (χ3n) is 4.54. The van der Waals surface area contributed by atoms with Crippen LogP contribution in [-0.2, 0) is 6.54 Å². The summed E-state index contributed by atoms with van der Waals surface area (Å²) in [5, 5.41) is 9.73. The number of rotatable bonds is 8. The summed E-state index contributed by atoms with van der Waals surface area (Å²) < 4.78 is 0.804. The fourth-order valence-electron chi connectivity index (χ4n) is 2.90. The third kappa shape index (κ3) is 5.04. The Morgan fingerprint density at radius 1 is 1.39 bits per heavy atom. The average molecular weight is 476 g/mol. The van der Waals surface area contributed by atoms with E-state index in [1.807, 2.05) is 11.8 Å². The lowest BCUT2D eigenvalue weighted by atomic mass is 10.1. The van der Waals surface area contributed by atoms with E-state index in [2.05, 4.69) is 67.6 Å². The number of halogens is 1. The second-order valence-corrected chi connectivity index (χ2v) is 9.76. The lowest BCUT2D eigenvalue weighted by Gasteiger charge is -2.10. The first-order valence-corrected chi connectivity index (χ1v) is 11.9. The van der Waals surface area contributed by atoms with Crippen LogP contribution in [0.15, 0.2) is 46.1 Å². The van der Waals surface area contributed by atoms with E-state index in [1.54, 1.807) is 17.5 Å². The maximum atomic E-state index is 4.72. The zero-order chi connectivity index (χ0) is 19.5. The summed E-state index contributed by atoms with van der Waals surface area (Å²) in [5.41, 5.74) is 3.21. The van der Waals surface area contributed by atoms with Gasteiger partial charge in [0.15, 0.2) is 0 Å². The van der Waals surface area contributed by atoms with Gasteiger partial charge in [-0.25, -0.2) is 9.97 Å². The second kappa shape index (κ2) is 8.80. The van der Waals surface area contributed by atoms with E-state index in [0.29, 0.717) is 18.3 Å². The standard InChI is InChI=1S/C20H22BrN5S2/c1-12(14-5-6-14)8-13(2)24-18-16(21)10-23-20(26-18)22-9-15-11-28-19(25-15)17-4-3-7-27-17/h4,8,10-11,14H,2-3,5-7,9H2,1H3,(H2,22,23,24,26)/b12-8+. The normalized spacial score (nSPS) is 16.8. The molecule has 0 atom stereocenters. The largest absolute Gasteiger partial charge is 0.348 e. The summed E-state index contributed by atoms with van der Waals surface area (Å²) in [5.74, 6) is 3.15. The number of hydrogen-bond acceptors (Lipinski definition) is 7. The molecule has 4 rings (SSSR count). The molecule has 1 aliphatic carbocycles. The zero-order valence-electron chi connectivity index (χ0n) is 15.7. The van der Waals surface area contributed by atoms with Crippen molar-refractivity contribution in [3.8, 4) is 0 Å². The van der Waals surface area contributed by atoms with Crippen LogP contribution in [0.3, 0.4) is 0 Å². The number of anilines is 2. The van der Waals surface area contributed by atoms with E-state index in [9.17, 15) is 0 Å². The highest BCUT2D eigenvalue weighted by Gasteiger charge is 2.22. The molecular formula is C20H22BrN5S2. The third-order valence-corrected chi connectivity index (χ3v) is 7.29. The first-order valence-electron chi connectivity index (χ1n) is 9.27. The summed E-state index contributed by atoms with van der Waals surface area (Å²) in [4.78, 5) is 14.9. The Labute approximate surface area is 182 Å². The van der Waals surface area contributed by atoms with Crippen molar-refractivity contribution in [2.45, 2.75) is 32.7 Å². The first-order chi connectivity index (χ1) is 13.6. The minimum absolute atomic E-state index is 0.561. The Morgan fingerprint density at radius 3 is 3.00 bits per heavy atom. The highest BCUT2D eigenvalue weighted by molar-refractivity contribution is 9.10. The topological polar surface area (TPSA) is 62.7 Å². The summed E-state index contributed by atoms with van der Waals surface area (Å²) >= 11 is 7.08. The lowest BCUT2D eigenvalue weighted by molar-refractivity contribution is 1.000. The van der Waals surface area contributed by atoms with Gasteiger partial charge in [0.2, 0.25) is 5.95 Å². The van der Waals surface area contributed by atoms with E-state index in [4.69, 9.17) is 4.98 Å². The molecule has 0 amide bonds. The van der Waals surface area contributed by atoms with Gasteiger partial charge in [0, 0.05) is 27.9 Å². The highest BCUT2D eigenvalue weighted by atomic mass is 79.9. The van der Waals surface area contributed by atoms with Gasteiger partial charge in [0.05, 0.1) is 16.7 Å². The predicted molar refractivity (Wildman–Crippen MR) is 123 cm³/mol. The summed E-state index contributed by atoms with van der Waals surface area (Å²) in [6, 6.07) is 0. The minimum Gasteiger partial charge on any atom is -0.348 e. The van der Waals surface area contributed by atoms with Crippen LogP contribution >= 0.6 is 39.0 Å². The quantitative estimate of drug-likeness (QED) is 0.451. The van der Waals surface area contributed by atoms with Crippen molar-refractivity contribution in [3.05, 3.63) is 56.8 Å². The molecule has 2 aromatic rings. The van der Waals surface area contributed by atoms with Gasteiger partial charge in [-0.05, 0) is 54.1 Å². The van der Waals surface area contributed by atoms with Crippen LogP contribution in [0, 0.1) is 5.92 Å². The molecule has 0 radical (unpaired) electrons. The number of hydrogen-bond donors (Lipinski definition) is 2. The lowest BCUT2D eigenvalue weighted by Crippen LogP contribution is -2.07. The van der Waals surface area contributed by atoms with Crippen molar-refractivity contribution < 1.29 is 0 Å². The van der Waals surface area contributed by atoms with Gasteiger partial charge in [-0.1, -0.05) is 18.2 Å². The fourth-order valence-corrected chi connectivity index (χ4v) is 5.12. The molecule has 1 fully saturated rings. The van der Waals surface area contributed by atoms with Gasteiger partial charge in [0.25, 0.3) is 0 Å². The van der Waals surface area contributed by atoms with Crippen molar-refractivity contribution in [3.63, 3.8) is 0 Å². The molecule has 0 unspecified atom stereocenters. The Morgan fingerprint density at radius 2 is 2.25 bits per heavy atom. The molecule has 1 aliphatic heterocycles. The van der Waals surface area contributed by atoms with Crippen LogP contribution < -0.4 is 10.6 Å². The van der Waals surface area contributed by atoms with Crippen LogP contribution in [0.1, 0.15) is 36.9 Å². The molecule has 3 heterocycles. The van der Waals surface area contributed by atoms with E-state index >= 15 is 0 Å². The number of aromatic nitrogens is 3. The molecular weight excluding hydrogens is 454 g/mol. The van der Waals surface area contributed by atoms with Gasteiger partial charge in [-0.2, -0.15) is 4.98 Å². The van der Waals surface area contributed by atoms with Crippen LogP contribution in [0.2, 0.25) is 0 Å². The molecule has 8 heteroatoms. The molecule has 146 valence electrons. The van der Waals surface area contributed by atoms with Gasteiger partial charge >= 0.3 is 0 Å². The van der Waals surface area contributed by atoms with Crippen molar-refractivity contribution >= 4 is 55.7 Å². The fraction of sp³-hybridized carbons (Fsp3) is 0.350. The molecule has 0 bridgehead atoms. The van der Waals surface area contributed by atoms with Crippen LogP contribution in [-0.4, -0.2) is 20.7 Å². The van der Waals surface area contributed by atoms with Crippen molar-refractivity contribution in [1.82, 2.24) is 15.0 Å². The summed E-state index contributed by atoms with van der Waals surface area (Å²) in [7, 11) is 0. The summed E-state index contributed by atoms with van der Waals surface area (Å²) in [6.07, 6.45) is 9.82. The van der Waals surface area contributed by atoms with Crippen LogP contribution in [0.25, 0.3) is 4.91 Å². The van der Waals surface area contributed by atoms with Gasteiger partial charge in [-0.3, -0.25) is 0 Å². The van der Waals surface area contributed by atoms with E-state index in [1.165, 1.54) is 23.3 Å². The first kappa shape index (κ1) is 19.7. The Hall–Kier alpha value is -1.64. The van der Waals surface area contributed by atoms with Gasteiger partial charge in [-0.15, -0.1) is 23.1 Å². The molecule has 0 spiro atoms. The number of thiazole rings is 1. The monoisotopic (exact) mass is 475 g/mol. The highest BCUT2D eigenvalue weighted by Crippen LogP contribution is 2.37. The van der Waals surface area contributed by atoms with E-state index in [0.717, 1.165) is 39.0 Å². The number of allylic oxidation sites excluding steroid dienone is 3. The maximum absolute atomic E-state index is 4.72. The van der Waals surface area contributed by atoms with Crippen molar-refractivity contribution in [2.75, 3.05) is 16.4 Å². The molecule has 2 aliphatic rings. The summed E-state index contributed by atoms with van der Waals surface area (Å²) in [6.45, 7) is 6.86. The van der Waals surface area contributed by atoms with E-state index < -0.39 is 0 Å². The maximum Gasteiger partial charge on any atom is 0.225 e. The predicted octanol–water partition coefficient (Wildman–Crippen LogP) is 6.07. The molecule has 0 saturated heterocycles. The number of nitrogens with zero attached hydrogens (tertiary/aromatic N) is 3. The molecule has 0 aromatic carbocycles. The molecule has 5 nitrogen and oxygen atoms in total. The number of nitrogens with one attached hydrogen (secondary N) is 2. The van der Waals surface area contributed by atoms with Crippen molar-refractivity contribution in [2.24, 2.45) is 5.92 Å². The molecule has 1 saturated carbocycles. The average Bonchev–Trinajstić information content (AvgIpc) is 3.18.